The van der Waals surface area contributed by atoms with Crippen LogP contribution >= 0.6 is 11.8 Å². The van der Waals surface area contributed by atoms with Gasteiger partial charge in [-0.2, -0.15) is 16.9 Å². The van der Waals surface area contributed by atoms with Crippen molar-refractivity contribution in [2.75, 3.05) is 25.1 Å². The van der Waals surface area contributed by atoms with Gasteiger partial charge in [0.05, 0.1) is 11.9 Å². The number of piperidine rings is 1. The minimum atomic E-state index is -0.273. The van der Waals surface area contributed by atoms with Gasteiger partial charge < -0.3 is 10.2 Å². The fourth-order valence-electron chi connectivity index (χ4n) is 3.10. The molecule has 3 rings (SSSR count). The lowest BCUT2D eigenvalue weighted by Gasteiger charge is -2.32. The number of halogens is 1. The highest BCUT2D eigenvalue weighted by Crippen LogP contribution is 2.19. The Balaban J connectivity index is 1.53. The summed E-state index contributed by atoms with van der Waals surface area (Å²) in [5, 5.41) is 7.24. The number of benzene rings is 1. The van der Waals surface area contributed by atoms with Crippen LogP contribution in [-0.4, -0.2) is 45.8 Å². The van der Waals surface area contributed by atoms with Crippen LogP contribution < -0.4 is 5.32 Å². The second kappa shape index (κ2) is 8.38. The lowest BCUT2D eigenvalue weighted by molar-refractivity contribution is 0.170. The second-order valence-electron chi connectivity index (χ2n) is 6.34. The van der Waals surface area contributed by atoms with Crippen molar-refractivity contribution >= 4 is 17.8 Å². The van der Waals surface area contributed by atoms with E-state index >= 15 is 0 Å². The molecular weight excluding hydrogens is 339 g/mol. The van der Waals surface area contributed by atoms with E-state index in [1.807, 2.05) is 22.9 Å². The monoisotopic (exact) mass is 362 g/mol. The molecule has 25 heavy (non-hydrogen) atoms. The van der Waals surface area contributed by atoms with Crippen molar-refractivity contribution in [1.82, 2.24) is 20.0 Å². The normalized spacial score (nSPS) is 17.5. The summed E-state index contributed by atoms with van der Waals surface area (Å²) < 4.78 is 14.7. The van der Waals surface area contributed by atoms with E-state index in [0.29, 0.717) is 12.5 Å². The summed E-state index contributed by atoms with van der Waals surface area (Å²) in [7, 11) is 0. The molecule has 1 atom stereocenters. The molecule has 0 bridgehead atoms. The maximum Gasteiger partial charge on any atom is 0.317 e. The van der Waals surface area contributed by atoms with Gasteiger partial charge >= 0.3 is 6.03 Å². The van der Waals surface area contributed by atoms with Crippen LogP contribution in [0.25, 0.3) is 5.69 Å². The molecule has 2 aromatic rings. The zero-order chi connectivity index (χ0) is 17.6. The third-order valence-electron chi connectivity index (χ3n) is 4.38. The van der Waals surface area contributed by atoms with Gasteiger partial charge in [0.25, 0.3) is 0 Å². The van der Waals surface area contributed by atoms with Crippen LogP contribution in [0.3, 0.4) is 0 Å². The van der Waals surface area contributed by atoms with Crippen molar-refractivity contribution in [2.45, 2.75) is 19.4 Å². The Morgan fingerprint density at radius 3 is 2.96 bits per heavy atom. The number of nitrogens with zero attached hydrogens (tertiary/aromatic N) is 3. The fourth-order valence-corrected chi connectivity index (χ4v) is 3.84. The highest BCUT2D eigenvalue weighted by molar-refractivity contribution is 7.98. The molecule has 1 saturated heterocycles. The highest BCUT2D eigenvalue weighted by atomic mass is 32.2. The molecule has 1 aliphatic heterocycles. The maximum atomic E-state index is 13.0. The van der Waals surface area contributed by atoms with E-state index in [2.05, 4.69) is 16.7 Å². The average Bonchev–Trinajstić information content (AvgIpc) is 3.10. The number of rotatable bonds is 5. The fraction of sp³-hybridized carbons (Fsp3) is 0.444. The first kappa shape index (κ1) is 17.8. The number of aromatic nitrogens is 2. The Labute approximate surface area is 151 Å². The van der Waals surface area contributed by atoms with Crippen LogP contribution in [-0.2, 0) is 6.54 Å². The summed E-state index contributed by atoms with van der Waals surface area (Å²) >= 11 is 1.84. The molecule has 2 heterocycles. The molecule has 0 unspecified atom stereocenters. The third kappa shape index (κ3) is 4.75. The van der Waals surface area contributed by atoms with Gasteiger partial charge in [0.15, 0.2) is 0 Å². The molecule has 0 aliphatic carbocycles. The van der Waals surface area contributed by atoms with Crippen molar-refractivity contribution in [3.8, 4) is 5.69 Å². The van der Waals surface area contributed by atoms with Crippen LogP contribution in [0.1, 0.15) is 18.4 Å². The van der Waals surface area contributed by atoms with Crippen molar-refractivity contribution in [3.63, 3.8) is 0 Å². The molecule has 2 amide bonds. The van der Waals surface area contributed by atoms with Gasteiger partial charge in [-0.15, -0.1) is 0 Å². The van der Waals surface area contributed by atoms with Crippen molar-refractivity contribution < 1.29 is 9.18 Å². The molecule has 1 fully saturated rings. The summed E-state index contributed by atoms with van der Waals surface area (Å²) in [6.45, 7) is 2.09. The summed E-state index contributed by atoms with van der Waals surface area (Å²) in [6.07, 6.45) is 7.95. The lowest BCUT2D eigenvalue weighted by Crippen LogP contribution is -2.45. The van der Waals surface area contributed by atoms with Gasteiger partial charge in [0.1, 0.15) is 5.82 Å². The van der Waals surface area contributed by atoms with E-state index in [4.69, 9.17) is 0 Å². The highest BCUT2D eigenvalue weighted by Gasteiger charge is 2.23. The summed E-state index contributed by atoms with van der Waals surface area (Å²) in [5.41, 5.74) is 1.70. The largest absolute Gasteiger partial charge is 0.334 e. The number of carbonyl (C=O) groups is 1. The van der Waals surface area contributed by atoms with Crippen LogP contribution in [0.5, 0.6) is 0 Å². The number of nitrogens with one attached hydrogen (secondary N) is 1. The Morgan fingerprint density at radius 1 is 1.40 bits per heavy atom. The third-order valence-corrected chi connectivity index (χ3v) is 5.18. The average molecular weight is 362 g/mol. The van der Waals surface area contributed by atoms with Gasteiger partial charge in [-0.25, -0.2) is 13.9 Å². The SMILES string of the molecule is CSC[C@H]1CCCN(C(=O)NCc2cnn(-c3ccc(F)cc3)c2)C1. The number of amides is 2. The first-order chi connectivity index (χ1) is 12.2. The molecule has 0 radical (unpaired) electrons. The van der Waals surface area contributed by atoms with Gasteiger partial charge in [0, 0.05) is 31.4 Å². The van der Waals surface area contributed by atoms with Gasteiger partial charge in [0.2, 0.25) is 0 Å². The molecule has 5 nitrogen and oxygen atoms in total. The summed E-state index contributed by atoms with van der Waals surface area (Å²) in [5.74, 6) is 1.43. The smallest absolute Gasteiger partial charge is 0.317 e. The van der Waals surface area contributed by atoms with E-state index in [9.17, 15) is 9.18 Å². The quantitative estimate of drug-likeness (QED) is 0.888. The number of carbonyl (C=O) groups excluding carboxylic acids is 1. The molecule has 1 aliphatic rings. The van der Waals surface area contributed by atoms with E-state index in [1.165, 1.54) is 18.6 Å². The number of urea groups is 1. The maximum absolute atomic E-state index is 13.0. The molecule has 1 aromatic heterocycles. The predicted octanol–water partition coefficient (Wildman–Crippen LogP) is 3.30. The minimum absolute atomic E-state index is 0.0136. The number of likely N-dealkylation sites (tertiary alicyclic amines) is 1. The molecule has 0 spiro atoms. The predicted molar refractivity (Wildman–Crippen MR) is 98.4 cm³/mol. The number of hydrogen-bond acceptors (Lipinski definition) is 3. The van der Waals surface area contributed by atoms with Crippen LogP contribution in [0.15, 0.2) is 36.7 Å². The van der Waals surface area contributed by atoms with Crippen LogP contribution in [0.4, 0.5) is 9.18 Å². The Kier molecular flexibility index (Phi) is 5.96. The standard InChI is InChI=1S/C18H23FN4OS/c1-25-13-14-3-2-8-22(11-14)18(24)20-9-15-10-21-23(12-15)17-6-4-16(19)5-7-17/h4-7,10,12,14H,2-3,8-9,11,13H2,1H3,(H,20,24)/t14-/m0/s1. The van der Waals surface area contributed by atoms with E-state index in [-0.39, 0.29) is 11.8 Å². The Hall–Kier alpha value is -2.02. The van der Waals surface area contributed by atoms with Crippen molar-refractivity contribution in [2.24, 2.45) is 5.92 Å². The topological polar surface area (TPSA) is 50.2 Å². The molecule has 134 valence electrons. The zero-order valence-electron chi connectivity index (χ0n) is 14.3. The molecule has 0 saturated carbocycles. The molecule has 7 heteroatoms. The van der Waals surface area contributed by atoms with Crippen LogP contribution in [0.2, 0.25) is 0 Å². The summed E-state index contributed by atoms with van der Waals surface area (Å²) in [4.78, 5) is 14.3. The number of thioether (sulfide) groups is 1. The molecule has 1 aromatic carbocycles. The Bertz CT molecular complexity index is 701. The van der Waals surface area contributed by atoms with Gasteiger partial charge in [-0.3, -0.25) is 0 Å². The van der Waals surface area contributed by atoms with E-state index < -0.39 is 0 Å². The first-order valence-electron chi connectivity index (χ1n) is 8.47. The summed E-state index contributed by atoms with van der Waals surface area (Å²) in [6, 6.07) is 6.13. The Morgan fingerprint density at radius 2 is 2.20 bits per heavy atom. The second-order valence-corrected chi connectivity index (χ2v) is 7.25. The van der Waals surface area contributed by atoms with Gasteiger partial charge in [-0.05, 0) is 55.0 Å². The molecule has 1 N–H and O–H groups in total. The first-order valence-corrected chi connectivity index (χ1v) is 9.86. The minimum Gasteiger partial charge on any atom is -0.334 e. The lowest BCUT2D eigenvalue weighted by atomic mass is 10.0. The van der Waals surface area contributed by atoms with Crippen molar-refractivity contribution in [1.29, 1.82) is 0 Å². The van der Waals surface area contributed by atoms with Crippen molar-refractivity contribution in [3.05, 3.63) is 48.0 Å². The van der Waals surface area contributed by atoms with E-state index in [1.54, 1.807) is 23.0 Å². The zero-order valence-corrected chi connectivity index (χ0v) is 15.1. The molecular formula is C18H23FN4OS. The van der Waals surface area contributed by atoms with Crippen LogP contribution in [0, 0.1) is 11.7 Å². The number of hydrogen-bond donors (Lipinski definition) is 1. The van der Waals surface area contributed by atoms with Gasteiger partial charge in [-0.1, -0.05) is 0 Å². The van der Waals surface area contributed by atoms with E-state index in [0.717, 1.165) is 36.5 Å².